The molecule has 1 aliphatic rings. The SMILES string of the molecule is CC(C)C[C@@H](C(=O)O)N1CC(Oc2cc(F)ccc2F)=CC1=O. The molecular formula is C16H17F2NO4. The maximum Gasteiger partial charge on any atom is 0.326 e. The molecular weight excluding hydrogens is 308 g/mol. The van der Waals surface area contributed by atoms with Gasteiger partial charge in [-0.3, -0.25) is 4.79 Å². The second-order valence-corrected chi connectivity index (χ2v) is 5.74. The van der Waals surface area contributed by atoms with Crippen molar-refractivity contribution in [2.45, 2.75) is 26.3 Å². The lowest BCUT2D eigenvalue weighted by Crippen LogP contribution is -2.43. The second-order valence-electron chi connectivity index (χ2n) is 5.74. The highest BCUT2D eigenvalue weighted by atomic mass is 19.1. The average Bonchev–Trinajstić information content (AvgIpc) is 2.80. The highest BCUT2D eigenvalue weighted by Gasteiger charge is 2.34. The number of hydrogen-bond acceptors (Lipinski definition) is 3. The van der Waals surface area contributed by atoms with Gasteiger partial charge < -0.3 is 14.7 Å². The monoisotopic (exact) mass is 325 g/mol. The van der Waals surface area contributed by atoms with Crippen molar-refractivity contribution in [2.24, 2.45) is 5.92 Å². The molecule has 5 nitrogen and oxygen atoms in total. The Balaban J connectivity index is 2.13. The Morgan fingerprint density at radius 3 is 2.70 bits per heavy atom. The number of aliphatic carboxylic acids is 1. The number of benzene rings is 1. The van der Waals surface area contributed by atoms with Crippen LogP contribution in [0.4, 0.5) is 8.78 Å². The fourth-order valence-corrected chi connectivity index (χ4v) is 2.34. The second kappa shape index (κ2) is 6.76. The summed E-state index contributed by atoms with van der Waals surface area (Å²) in [4.78, 5) is 24.5. The first-order valence-corrected chi connectivity index (χ1v) is 7.14. The molecule has 1 aromatic rings. The third kappa shape index (κ3) is 4.06. The third-order valence-corrected chi connectivity index (χ3v) is 3.38. The van der Waals surface area contributed by atoms with Crippen molar-refractivity contribution in [1.29, 1.82) is 0 Å². The van der Waals surface area contributed by atoms with Gasteiger partial charge in [0.05, 0.1) is 6.54 Å². The molecule has 1 N–H and O–H groups in total. The molecule has 0 saturated carbocycles. The van der Waals surface area contributed by atoms with E-state index in [2.05, 4.69) is 0 Å². The Labute approximate surface area is 132 Å². The van der Waals surface area contributed by atoms with Crippen molar-refractivity contribution in [3.63, 3.8) is 0 Å². The number of carboxylic acids is 1. The number of rotatable bonds is 6. The number of amides is 1. The molecule has 0 bridgehead atoms. The molecule has 1 atom stereocenters. The summed E-state index contributed by atoms with van der Waals surface area (Å²) in [6, 6.07) is 1.74. The first kappa shape index (κ1) is 16.9. The van der Waals surface area contributed by atoms with E-state index in [1.165, 1.54) is 0 Å². The van der Waals surface area contributed by atoms with Gasteiger partial charge in [0.25, 0.3) is 5.91 Å². The van der Waals surface area contributed by atoms with E-state index in [0.717, 1.165) is 29.2 Å². The van der Waals surface area contributed by atoms with Gasteiger partial charge in [0, 0.05) is 12.1 Å². The summed E-state index contributed by atoms with van der Waals surface area (Å²) in [6.45, 7) is 3.60. The minimum atomic E-state index is -1.11. The maximum atomic E-state index is 13.6. The van der Waals surface area contributed by atoms with Crippen LogP contribution < -0.4 is 4.74 Å². The number of carboxylic acid groups (broad SMARTS) is 1. The molecule has 0 spiro atoms. The van der Waals surface area contributed by atoms with Crippen LogP contribution in [0, 0.1) is 17.6 Å². The van der Waals surface area contributed by atoms with E-state index < -0.39 is 29.6 Å². The number of ether oxygens (including phenoxy) is 1. The average molecular weight is 325 g/mol. The molecule has 1 amide bonds. The Hall–Kier alpha value is -2.44. The molecule has 0 saturated heterocycles. The zero-order chi connectivity index (χ0) is 17.1. The van der Waals surface area contributed by atoms with Gasteiger partial charge in [0.15, 0.2) is 11.6 Å². The standard InChI is InChI=1S/C16H17F2NO4/c1-9(2)5-13(16(21)22)19-8-11(7-15(19)20)23-14-6-10(17)3-4-12(14)18/h3-4,6-7,9,13H,5,8H2,1-2H3,(H,21,22)/t13-/m0/s1. The maximum absolute atomic E-state index is 13.6. The summed E-state index contributed by atoms with van der Waals surface area (Å²) in [5.41, 5.74) is 0. The lowest BCUT2D eigenvalue weighted by atomic mass is 10.0. The van der Waals surface area contributed by atoms with E-state index in [-0.39, 0.29) is 30.4 Å². The van der Waals surface area contributed by atoms with Gasteiger partial charge in [-0.25, -0.2) is 13.6 Å². The van der Waals surface area contributed by atoms with Crippen LogP contribution in [-0.2, 0) is 9.59 Å². The number of nitrogens with zero attached hydrogens (tertiary/aromatic N) is 1. The Morgan fingerprint density at radius 1 is 1.39 bits per heavy atom. The van der Waals surface area contributed by atoms with Gasteiger partial charge in [0.1, 0.15) is 17.6 Å². The molecule has 0 fully saturated rings. The predicted octanol–water partition coefficient (Wildman–Crippen LogP) is 2.57. The van der Waals surface area contributed by atoms with E-state index in [0.29, 0.717) is 0 Å². The number of carbonyl (C=O) groups is 2. The van der Waals surface area contributed by atoms with Crippen molar-refractivity contribution in [3.05, 3.63) is 41.7 Å². The normalized spacial score (nSPS) is 15.8. The van der Waals surface area contributed by atoms with Gasteiger partial charge in [-0.2, -0.15) is 0 Å². The van der Waals surface area contributed by atoms with Crippen molar-refractivity contribution >= 4 is 11.9 Å². The Bertz CT molecular complexity index is 657. The highest BCUT2D eigenvalue weighted by Crippen LogP contribution is 2.25. The van der Waals surface area contributed by atoms with Crippen LogP contribution in [0.3, 0.4) is 0 Å². The van der Waals surface area contributed by atoms with Crippen molar-refractivity contribution < 1.29 is 28.2 Å². The van der Waals surface area contributed by atoms with Gasteiger partial charge in [-0.05, 0) is 24.5 Å². The molecule has 0 aliphatic carbocycles. The highest BCUT2D eigenvalue weighted by molar-refractivity contribution is 5.94. The van der Waals surface area contributed by atoms with Crippen LogP contribution >= 0.6 is 0 Å². The summed E-state index contributed by atoms with van der Waals surface area (Å²) in [7, 11) is 0. The molecule has 23 heavy (non-hydrogen) atoms. The van der Waals surface area contributed by atoms with Crippen molar-refractivity contribution in [2.75, 3.05) is 6.54 Å². The molecule has 1 heterocycles. The largest absolute Gasteiger partial charge is 0.480 e. The zero-order valence-corrected chi connectivity index (χ0v) is 12.8. The fourth-order valence-electron chi connectivity index (χ4n) is 2.34. The molecule has 1 aromatic carbocycles. The first-order chi connectivity index (χ1) is 10.8. The number of carbonyl (C=O) groups excluding carboxylic acids is 1. The van der Waals surface area contributed by atoms with Crippen LogP contribution in [-0.4, -0.2) is 34.5 Å². The minimum absolute atomic E-state index is 0.0782. The van der Waals surface area contributed by atoms with Gasteiger partial charge in [-0.15, -0.1) is 0 Å². The van der Waals surface area contributed by atoms with Crippen LogP contribution in [0.25, 0.3) is 0 Å². The summed E-state index contributed by atoms with van der Waals surface area (Å²) < 4.78 is 31.9. The van der Waals surface area contributed by atoms with Crippen LogP contribution in [0.2, 0.25) is 0 Å². The quantitative estimate of drug-likeness (QED) is 0.873. The minimum Gasteiger partial charge on any atom is -0.480 e. The van der Waals surface area contributed by atoms with E-state index in [1.54, 1.807) is 0 Å². The smallest absolute Gasteiger partial charge is 0.326 e. The summed E-state index contributed by atoms with van der Waals surface area (Å²) in [5.74, 6) is -3.27. The lowest BCUT2D eigenvalue weighted by molar-refractivity contribution is -0.148. The lowest BCUT2D eigenvalue weighted by Gasteiger charge is -2.25. The van der Waals surface area contributed by atoms with Crippen LogP contribution in [0.15, 0.2) is 30.0 Å². The summed E-state index contributed by atoms with van der Waals surface area (Å²) >= 11 is 0. The zero-order valence-electron chi connectivity index (χ0n) is 12.8. The first-order valence-electron chi connectivity index (χ1n) is 7.14. The van der Waals surface area contributed by atoms with E-state index in [9.17, 15) is 23.5 Å². The topological polar surface area (TPSA) is 66.8 Å². The Kier molecular flexibility index (Phi) is 4.98. The molecule has 0 unspecified atom stereocenters. The predicted molar refractivity (Wildman–Crippen MR) is 77.7 cm³/mol. The molecule has 0 aromatic heterocycles. The van der Waals surface area contributed by atoms with Crippen molar-refractivity contribution in [1.82, 2.24) is 4.90 Å². The number of hydrogen-bond donors (Lipinski definition) is 1. The third-order valence-electron chi connectivity index (χ3n) is 3.38. The molecule has 1 aliphatic heterocycles. The van der Waals surface area contributed by atoms with Gasteiger partial charge >= 0.3 is 5.97 Å². The van der Waals surface area contributed by atoms with E-state index in [1.807, 2.05) is 13.8 Å². The molecule has 124 valence electrons. The summed E-state index contributed by atoms with van der Waals surface area (Å²) in [6.07, 6.45) is 1.39. The van der Waals surface area contributed by atoms with Crippen LogP contribution in [0.5, 0.6) is 5.75 Å². The summed E-state index contributed by atoms with van der Waals surface area (Å²) in [5, 5.41) is 9.29. The van der Waals surface area contributed by atoms with E-state index in [4.69, 9.17) is 4.74 Å². The molecule has 0 radical (unpaired) electrons. The van der Waals surface area contributed by atoms with E-state index >= 15 is 0 Å². The number of halogens is 2. The molecule has 2 rings (SSSR count). The molecule has 7 heteroatoms. The van der Waals surface area contributed by atoms with Gasteiger partial charge in [0.2, 0.25) is 0 Å². The Morgan fingerprint density at radius 2 is 2.09 bits per heavy atom. The fraction of sp³-hybridized carbons (Fsp3) is 0.375. The van der Waals surface area contributed by atoms with Gasteiger partial charge in [-0.1, -0.05) is 13.8 Å². The van der Waals surface area contributed by atoms with Crippen LogP contribution in [0.1, 0.15) is 20.3 Å². The van der Waals surface area contributed by atoms with Crippen molar-refractivity contribution in [3.8, 4) is 5.75 Å².